The van der Waals surface area contributed by atoms with Crippen LogP contribution in [0, 0.1) is 11.6 Å². The lowest BCUT2D eigenvalue weighted by Gasteiger charge is -2.31. The van der Waals surface area contributed by atoms with Crippen LogP contribution in [0.5, 0.6) is 0 Å². The summed E-state index contributed by atoms with van der Waals surface area (Å²) in [6.45, 7) is -0.178. The van der Waals surface area contributed by atoms with Crippen LogP contribution in [0.25, 0.3) is 0 Å². The lowest BCUT2D eigenvalue weighted by molar-refractivity contribution is 0.194. The summed E-state index contributed by atoms with van der Waals surface area (Å²) in [6, 6.07) is 12.8. The maximum atomic E-state index is 13.8. The highest BCUT2D eigenvalue weighted by Gasteiger charge is 2.32. The number of hydrogen-bond donors (Lipinski definition) is 2. The summed E-state index contributed by atoms with van der Waals surface area (Å²) in [5, 5.41) is 9.75. The minimum Gasteiger partial charge on any atom is -0.395 e. The summed E-state index contributed by atoms with van der Waals surface area (Å²) in [6.07, 6.45) is 0.0164. The number of aliphatic hydroxyl groups excluding tert-OH is 1. The highest BCUT2D eigenvalue weighted by atomic mass is 19.1. The zero-order valence-corrected chi connectivity index (χ0v) is 11.0. The topological polar surface area (TPSA) is 46.2 Å². The third-order valence-electron chi connectivity index (χ3n) is 3.66. The van der Waals surface area contributed by atoms with E-state index in [0.29, 0.717) is 0 Å². The highest BCUT2D eigenvalue weighted by molar-refractivity contribution is 5.31. The van der Waals surface area contributed by atoms with Gasteiger partial charge in [0.2, 0.25) is 0 Å². The molecule has 0 saturated carbocycles. The van der Waals surface area contributed by atoms with Gasteiger partial charge in [0.25, 0.3) is 0 Å². The summed E-state index contributed by atoms with van der Waals surface area (Å²) in [5.74, 6) is -1.24. The van der Waals surface area contributed by atoms with Gasteiger partial charge in [-0.3, -0.25) is 0 Å². The summed E-state index contributed by atoms with van der Waals surface area (Å²) < 4.78 is 27.6. The second kappa shape index (κ2) is 6.11. The van der Waals surface area contributed by atoms with Crippen molar-refractivity contribution in [2.75, 3.05) is 13.2 Å². The molecule has 0 saturated heterocycles. The first-order chi connectivity index (χ1) is 9.63. The zero-order chi connectivity index (χ0) is 14.6. The van der Waals surface area contributed by atoms with E-state index in [1.807, 2.05) is 30.3 Å². The molecule has 3 N–H and O–H groups in total. The van der Waals surface area contributed by atoms with E-state index >= 15 is 0 Å². The third kappa shape index (κ3) is 2.71. The summed E-state index contributed by atoms with van der Waals surface area (Å²) >= 11 is 0. The second-order valence-electron chi connectivity index (χ2n) is 4.89. The van der Waals surface area contributed by atoms with Crippen LogP contribution >= 0.6 is 0 Å². The monoisotopic (exact) mass is 277 g/mol. The molecule has 0 bridgehead atoms. The van der Waals surface area contributed by atoms with E-state index < -0.39 is 17.0 Å². The second-order valence-corrected chi connectivity index (χ2v) is 4.89. The van der Waals surface area contributed by atoms with Gasteiger partial charge in [0, 0.05) is 17.5 Å². The average molecular weight is 277 g/mol. The normalized spacial score (nSPS) is 14.0. The molecular formula is C16H17F2NO. The predicted octanol–water partition coefficient (Wildman–Crippen LogP) is 2.40. The Labute approximate surface area is 116 Å². The van der Waals surface area contributed by atoms with Crippen molar-refractivity contribution in [1.82, 2.24) is 0 Å². The Balaban J connectivity index is 2.45. The van der Waals surface area contributed by atoms with E-state index in [9.17, 15) is 13.9 Å². The maximum absolute atomic E-state index is 13.8. The molecule has 106 valence electrons. The van der Waals surface area contributed by atoms with E-state index in [2.05, 4.69) is 0 Å². The van der Waals surface area contributed by atoms with Gasteiger partial charge in [-0.15, -0.1) is 0 Å². The van der Waals surface area contributed by atoms with Gasteiger partial charge in [0.15, 0.2) is 0 Å². The molecular weight excluding hydrogens is 260 g/mol. The van der Waals surface area contributed by atoms with Crippen molar-refractivity contribution >= 4 is 0 Å². The minimum atomic E-state index is -0.885. The molecule has 0 amide bonds. The number of nitrogens with two attached hydrogens (primary N) is 1. The van der Waals surface area contributed by atoms with E-state index in [1.165, 1.54) is 18.2 Å². The molecule has 2 rings (SSSR count). The van der Waals surface area contributed by atoms with Gasteiger partial charge in [-0.1, -0.05) is 36.4 Å². The van der Waals surface area contributed by atoms with Gasteiger partial charge in [-0.2, -0.15) is 0 Å². The van der Waals surface area contributed by atoms with Crippen LogP contribution in [0.3, 0.4) is 0 Å². The smallest absolute Gasteiger partial charge is 0.129 e. The maximum Gasteiger partial charge on any atom is 0.129 e. The molecule has 0 radical (unpaired) electrons. The van der Waals surface area contributed by atoms with E-state index in [1.54, 1.807) is 0 Å². The van der Waals surface area contributed by atoms with Crippen LogP contribution in [-0.4, -0.2) is 18.3 Å². The summed E-state index contributed by atoms with van der Waals surface area (Å²) in [4.78, 5) is 0. The van der Waals surface area contributed by atoms with Crippen LogP contribution in [0.4, 0.5) is 8.78 Å². The molecule has 0 aliphatic heterocycles. The Morgan fingerprint density at radius 2 is 1.55 bits per heavy atom. The van der Waals surface area contributed by atoms with Crippen molar-refractivity contribution < 1.29 is 13.9 Å². The summed E-state index contributed by atoms with van der Waals surface area (Å²) in [7, 11) is 0. The molecule has 0 aromatic heterocycles. The van der Waals surface area contributed by atoms with Crippen LogP contribution in [0.2, 0.25) is 0 Å². The molecule has 2 nitrogen and oxygen atoms in total. The number of halogens is 2. The lowest BCUT2D eigenvalue weighted by Crippen LogP contribution is -2.41. The molecule has 0 heterocycles. The van der Waals surface area contributed by atoms with Gasteiger partial charge < -0.3 is 10.8 Å². The van der Waals surface area contributed by atoms with Gasteiger partial charge in [0.05, 0.1) is 6.61 Å². The first-order valence-corrected chi connectivity index (χ1v) is 6.42. The highest BCUT2D eigenvalue weighted by Crippen LogP contribution is 2.29. The quantitative estimate of drug-likeness (QED) is 0.881. The van der Waals surface area contributed by atoms with Crippen molar-refractivity contribution in [1.29, 1.82) is 0 Å². The Hall–Kier alpha value is -1.78. The molecule has 20 heavy (non-hydrogen) atoms. The first-order valence-electron chi connectivity index (χ1n) is 6.42. The average Bonchev–Trinajstić information content (AvgIpc) is 2.49. The fourth-order valence-electron chi connectivity index (χ4n) is 2.34. The lowest BCUT2D eigenvalue weighted by atomic mass is 9.76. The fourth-order valence-corrected chi connectivity index (χ4v) is 2.34. The van der Waals surface area contributed by atoms with Crippen LogP contribution in [-0.2, 0) is 11.8 Å². The number of aliphatic hydroxyl groups is 1. The van der Waals surface area contributed by atoms with E-state index in [0.717, 1.165) is 5.56 Å². The van der Waals surface area contributed by atoms with Crippen molar-refractivity contribution in [2.45, 2.75) is 11.8 Å². The van der Waals surface area contributed by atoms with Crippen LogP contribution in [0.15, 0.2) is 48.5 Å². The number of rotatable bonds is 5. The third-order valence-corrected chi connectivity index (χ3v) is 3.66. The standard InChI is InChI=1S/C16H17F2NO/c17-14-7-4-8-15(18)13(14)9-16(10-19,11-20)12-5-2-1-3-6-12/h1-8,20H,9-11,19H2. The van der Waals surface area contributed by atoms with E-state index in [-0.39, 0.29) is 25.1 Å². The van der Waals surface area contributed by atoms with Gasteiger partial charge in [-0.25, -0.2) is 8.78 Å². The van der Waals surface area contributed by atoms with Crippen molar-refractivity contribution in [3.05, 3.63) is 71.3 Å². The van der Waals surface area contributed by atoms with Gasteiger partial charge >= 0.3 is 0 Å². The molecule has 4 heteroatoms. The van der Waals surface area contributed by atoms with Crippen LogP contribution < -0.4 is 5.73 Å². The van der Waals surface area contributed by atoms with Crippen LogP contribution in [0.1, 0.15) is 11.1 Å². The van der Waals surface area contributed by atoms with E-state index in [4.69, 9.17) is 5.73 Å². The first kappa shape index (κ1) is 14.6. The largest absolute Gasteiger partial charge is 0.395 e. The Bertz CT molecular complexity index is 548. The molecule has 0 aliphatic rings. The zero-order valence-electron chi connectivity index (χ0n) is 11.0. The Morgan fingerprint density at radius 3 is 2.05 bits per heavy atom. The fraction of sp³-hybridized carbons (Fsp3) is 0.250. The molecule has 0 fully saturated rings. The SMILES string of the molecule is NCC(CO)(Cc1c(F)cccc1F)c1ccccc1. The van der Waals surface area contributed by atoms with Crippen molar-refractivity contribution in [3.63, 3.8) is 0 Å². The van der Waals surface area contributed by atoms with Crippen molar-refractivity contribution in [2.24, 2.45) is 5.73 Å². The summed E-state index contributed by atoms with van der Waals surface area (Å²) in [5.41, 5.74) is 5.63. The molecule has 1 unspecified atom stereocenters. The number of benzene rings is 2. The Morgan fingerprint density at radius 1 is 0.950 bits per heavy atom. The number of hydrogen-bond acceptors (Lipinski definition) is 2. The molecule has 0 aliphatic carbocycles. The molecule has 0 spiro atoms. The molecule has 1 atom stereocenters. The van der Waals surface area contributed by atoms with Gasteiger partial charge in [-0.05, 0) is 24.1 Å². The van der Waals surface area contributed by atoms with Crippen molar-refractivity contribution in [3.8, 4) is 0 Å². The predicted molar refractivity (Wildman–Crippen MR) is 74.3 cm³/mol. The van der Waals surface area contributed by atoms with Gasteiger partial charge in [0.1, 0.15) is 11.6 Å². The minimum absolute atomic E-state index is 0.0164. The molecule has 2 aromatic rings. The Kier molecular flexibility index (Phi) is 4.47. The molecule has 2 aromatic carbocycles.